The summed E-state index contributed by atoms with van der Waals surface area (Å²) in [5.41, 5.74) is 3.65. The second kappa shape index (κ2) is 6.93. The predicted molar refractivity (Wildman–Crippen MR) is 86.1 cm³/mol. The Balaban J connectivity index is 2.15. The predicted octanol–water partition coefficient (Wildman–Crippen LogP) is 4.21. The summed E-state index contributed by atoms with van der Waals surface area (Å²) in [5, 5.41) is 2.91. The van der Waals surface area contributed by atoms with Crippen LogP contribution in [0.25, 0.3) is 0 Å². The molecule has 0 saturated carbocycles. The zero-order valence-electron chi connectivity index (χ0n) is 12.8. The number of hydrogen-bond acceptors (Lipinski definition) is 2. The Bertz CT molecular complexity index is 618. The van der Waals surface area contributed by atoms with Gasteiger partial charge in [-0.1, -0.05) is 37.1 Å². The molecule has 0 bridgehead atoms. The van der Waals surface area contributed by atoms with Crippen LogP contribution in [0.1, 0.15) is 34.8 Å². The number of rotatable bonds is 5. The van der Waals surface area contributed by atoms with E-state index in [4.69, 9.17) is 4.74 Å². The first-order chi connectivity index (χ1) is 10.1. The minimum Gasteiger partial charge on any atom is -0.496 e. The molecule has 1 amide bonds. The fraction of sp³-hybridized carbons (Fsp3) is 0.278. The second-order valence-corrected chi connectivity index (χ2v) is 5.10. The number of carbonyl (C=O) groups is 1. The molecule has 0 spiro atoms. The highest BCUT2D eigenvalue weighted by atomic mass is 16.5. The third kappa shape index (κ3) is 3.85. The smallest absolute Gasteiger partial charge is 0.259 e. The average Bonchev–Trinajstić information content (AvgIpc) is 2.49. The monoisotopic (exact) mass is 283 g/mol. The largest absolute Gasteiger partial charge is 0.496 e. The number of nitrogens with one attached hydrogen (secondary N) is 1. The lowest BCUT2D eigenvalue weighted by atomic mass is 10.1. The summed E-state index contributed by atoms with van der Waals surface area (Å²) in [6.07, 6.45) is 2.17. The van der Waals surface area contributed by atoms with Gasteiger partial charge in [-0.2, -0.15) is 0 Å². The number of amides is 1. The third-order valence-electron chi connectivity index (χ3n) is 3.35. The summed E-state index contributed by atoms with van der Waals surface area (Å²) in [5.74, 6) is 0.430. The van der Waals surface area contributed by atoms with Crippen LogP contribution in [0.3, 0.4) is 0 Å². The van der Waals surface area contributed by atoms with Crippen molar-refractivity contribution >= 4 is 11.6 Å². The van der Waals surface area contributed by atoms with Gasteiger partial charge in [0, 0.05) is 5.69 Å². The molecule has 0 atom stereocenters. The fourth-order valence-electron chi connectivity index (χ4n) is 2.24. The van der Waals surface area contributed by atoms with Crippen LogP contribution in [0.15, 0.2) is 42.5 Å². The van der Waals surface area contributed by atoms with Gasteiger partial charge in [0.25, 0.3) is 5.91 Å². The van der Waals surface area contributed by atoms with Crippen molar-refractivity contribution in [3.8, 4) is 5.75 Å². The molecule has 2 aromatic rings. The van der Waals surface area contributed by atoms with Crippen LogP contribution < -0.4 is 10.1 Å². The molecular weight excluding hydrogens is 262 g/mol. The molecule has 0 heterocycles. The van der Waals surface area contributed by atoms with Gasteiger partial charge < -0.3 is 10.1 Å². The highest BCUT2D eigenvalue weighted by Gasteiger charge is 2.12. The first-order valence-corrected chi connectivity index (χ1v) is 7.19. The minimum atomic E-state index is -0.154. The fourth-order valence-corrected chi connectivity index (χ4v) is 2.24. The summed E-state index contributed by atoms with van der Waals surface area (Å²) < 4.78 is 5.25. The highest BCUT2D eigenvalue weighted by molar-refractivity contribution is 6.06. The molecule has 3 heteroatoms. The first kappa shape index (κ1) is 15.1. The lowest BCUT2D eigenvalue weighted by Gasteiger charge is -2.10. The second-order valence-electron chi connectivity index (χ2n) is 5.10. The quantitative estimate of drug-likeness (QED) is 0.892. The van der Waals surface area contributed by atoms with Crippen LogP contribution in [-0.4, -0.2) is 13.0 Å². The van der Waals surface area contributed by atoms with E-state index in [2.05, 4.69) is 12.2 Å². The van der Waals surface area contributed by atoms with E-state index in [9.17, 15) is 4.79 Å². The van der Waals surface area contributed by atoms with Crippen molar-refractivity contribution in [1.29, 1.82) is 0 Å². The number of anilines is 1. The Morgan fingerprint density at radius 2 is 1.86 bits per heavy atom. The summed E-state index contributed by atoms with van der Waals surface area (Å²) in [4.78, 5) is 12.4. The van der Waals surface area contributed by atoms with E-state index in [0.29, 0.717) is 11.3 Å². The molecule has 3 nitrogen and oxygen atoms in total. The molecule has 0 aliphatic heterocycles. The van der Waals surface area contributed by atoms with Gasteiger partial charge in [-0.05, 0) is 43.2 Å². The molecule has 0 aliphatic rings. The Morgan fingerprint density at radius 1 is 1.14 bits per heavy atom. The molecule has 2 rings (SSSR count). The van der Waals surface area contributed by atoms with Crippen LogP contribution in [0, 0.1) is 6.92 Å². The molecule has 0 radical (unpaired) electrons. The number of hydrogen-bond donors (Lipinski definition) is 1. The van der Waals surface area contributed by atoms with E-state index in [1.807, 2.05) is 49.4 Å². The Hall–Kier alpha value is -2.29. The van der Waals surface area contributed by atoms with Gasteiger partial charge in [0.2, 0.25) is 0 Å². The van der Waals surface area contributed by atoms with E-state index >= 15 is 0 Å². The zero-order chi connectivity index (χ0) is 15.2. The van der Waals surface area contributed by atoms with Gasteiger partial charge in [0.05, 0.1) is 12.7 Å². The van der Waals surface area contributed by atoms with Crippen molar-refractivity contribution in [2.45, 2.75) is 26.7 Å². The summed E-state index contributed by atoms with van der Waals surface area (Å²) in [6, 6.07) is 13.5. The first-order valence-electron chi connectivity index (χ1n) is 7.19. The highest BCUT2D eigenvalue weighted by Crippen LogP contribution is 2.21. The van der Waals surface area contributed by atoms with Crippen molar-refractivity contribution in [3.05, 3.63) is 59.2 Å². The Morgan fingerprint density at radius 3 is 2.48 bits per heavy atom. The van der Waals surface area contributed by atoms with Gasteiger partial charge in [-0.3, -0.25) is 4.79 Å². The van der Waals surface area contributed by atoms with Crippen molar-refractivity contribution in [1.82, 2.24) is 0 Å². The molecule has 0 saturated heterocycles. The van der Waals surface area contributed by atoms with Crippen molar-refractivity contribution < 1.29 is 9.53 Å². The number of methoxy groups -OCH3 is 1. The maximum absolute atomic E-state index is 12.4. The SMILES string of the molecule is CCCc1ccc(NC(=O)c2cc(C)ccc2OC)cc1. The Kier molecular flexibility index (Phi) is 4.99. The van der Waals surface area contributed by atoms with E-state index in [-0.39, 0.29) is 5.91 Å². The minimum absolute atomic E-state index is 0.154. The standard InChI is InChI=1S/C18H21NO2/c1-4-5-14-7-9-15(10-8-14)19-18(20)16-12-13(2)6-11-17(16)21-3/h6-12H,4-5H2,1-3H3,(H,19,20). The van der Waals surface area contributed by atoms with Gasteiger partial charge >= 0.3 is 0 Å². The topological polar surface area (TPSA) is 38.3 Å². The zero-order valence-corrected chi connectivity index (χ0v) is 12.8. The third-order valence-corrected chi connectivity index (χ3v) is 3.35. The van der Waals surface area contributed by atoms with Gasteiger partial charge in [-0.25, -0.2) is 0 Å². The van der Waals surface area contributed by atoms with E-state index < -0.39 is 0 Å². The molecule has 0 aromatic heterocycles. The number of aryl methyl sites for hydroxylation is 2. The van der Waals surface area contributed by atoms with Crippen LogP contribution >= 0.6 is 0 Å². The van der Waals surface area contributed by atoms with Crippen LogP contribution in [0.2, 0.25) is 0 Å². The van der Waals surface area contributed by atoms with E-state index in [1.165, 1.54) is 5.56 Å². The normalized spacial score (nSPS) is 10.2. The summed E-state index contributed by atoms with van der Waals surface area (Å²) >= 11 is 0. The number of ether oxygens (including phenoxy) is 1. The average molecular weight is 283 g/mol. The summed E-state index contributed by atoms with van der Waals surface area (Å²) in [7, 11) is 1.57. The van der Waals surface area contributed by atoms with Crippen molar-refractivity contribution in [2.75, 3.05) is 12.4 Å². The number of benzene rings is 2. The molecular formula is C18H21NO2. The molecule has 110 valence electrons. The maximum atomic E-state index is 12.4. The van der Waals surface area contributed by atoms with Crippen LogP contribution in [-0.2, 0) is 6.42 Å². The van der Waals surface area contributed by atoms with Crippen molar-refractivity contribution in [3.63, 3.8) is 0 Å². The van der Waals surface area contributed by atoms with Gasteiger partial charge in [0.15, 0.2) is 0 Å². The Labute approximate surface area is 126 Å². The summed E-state index contributed by atoms with van der Waals surface area (Å²) in [6.45, 7) is 4.11. The van der Waals surface area contributed by atoms with Crippen LogP contribution in [0.5, 0.6) is 5.75 Å². The molecule has 21 heavy (non-hydrogen) atoms. The molecule has 0 unspecified atom stereocenters. The lowest BCUT2D eigenvalue weighted by Crippen LogP contribution is -2.13. The molecule has 0 fully saturated rings. The molecule has 2 aromatic carbocycles. The number of carbonyl (C=O) groups excluding carboxylic acids is 1. The van der Waals surface area contributed by atoms with Crippen molar-refractivity contribution in [2.24, 2.45) is 0 Å². The van der Waals surface area contributed by atoms with Gasteiger partial charge in [-0.15, -0.1) is 0 Å². The van der Waals surface area contributed by atoms with Crippen LogP contribution in [0.4, 0.5) is 5.69 Å². The molecule has 1 N–H and O–H groups in total. The molecule has 0 aliphatic carbocycles. The van der Waals surface area contributed by atoms with E-state index in [1.54, 1.807) is 7.11 Å². The maximum Gasteiger partial charge on any atom is 0.259 e. The van der Waals surface area contributed by atoms with Gasteiger partial charge in [0.1, 0.15) is 5.75 Å². The lowest BCUT2D eigenvalue weighted by molar-refractivity contribution is 0.102. The van der Waals surface area contributed by atoms with E-state index in [0.717, 1.165) is 24.1 Å².